The van der Waals surface area contributed by atoms with E-state index in [0.29, 0.717) is 31.4 Å². The monoisotopic (exact) mass is 523 g/mol. The summed E-state index contributed by atoms with van der Waals surface area (Å²) in [6, 6.07) is 1.18. The molecule has 0 saturated carbocycles. The average Bonchev–Trinajstić information content (AvgIpc) is 2.85. The summed E-state index contributed by atoms with van der Waals surface area (Å²) in [5, 5.41) is 36.7. The highest BCUT2D eigenvalue weighted by molar-refractivity contribution is 5.94. The highest BCUT2D eigenvalue weighted by Crippen LogP contribution is 2.13. The first-order valence-electron chi connectivity index (χ1n) is 12.5. The van der Waals surface area contributed by atoms with Crippen molar-refractivity contribution in [1.82, 2.24) is 16.0 Å². The van der Waals surface area contributed by atoms with Gasteiger partial charge in [0.25, 0.3) is 0 Å². The number of nitrogens with two attached hydrogens (primary N) is 2. The summed E-state index contributed by atoms with van der Waals surface area (Å²) in [5.74, 6) is -3.61. The third-order valence-electron chi connectivity index (χ3n) is 6.19. The Labute approximate surface area is 217 Å². The van der Waals surface area contributed by atoms with Crippen LogP contribution in [0.1, 0.15) is 52.0 Å². The summed E-state index contributed by atoms with van der Waals surface area (Å²) in [4.78, 5) is 50.4. The molecule has 6 atom stereocenters. The number of aliphatic hydroxyl groups excluding tert-OH is 1. The van der Waals surface area contributed by atoms with Crippen molar-refractivity contribution >= 4 is 23.7 Å². The number of aliphatic hydroxyl groups is 1. The van der Waals surface area contributed by atoms with Crippen LogP contribution >= 0.6 is 0 Å². The number of phenols is 1. The number of carboxylic acid groups (broad SMARTS) is 1. The van der Waals surface area contributed by atoms with E-state index in [1.54, 1.807) is 19.1 Å². The quantitative estimate of drug-likeness (QED) is 0.129. The predicted octanol–water partition coefficient (Wildman–Crippen LogP) is -0.643. The summed E-state index contributed by atoms with van der Waals surface area (Å²) in [7, 11) is 0. The SMILES string of the molecule is CCC(C)C(N)C(=O)NC(C(=O)NC(Cc1ccc(O)cc1)C(=O)NC(CCCCN)C(=O)O)C(C)O. The van der Waals surface area contributed by atoms with Crippen LogP contribution in [-0.4, -0.2) is 75.8 Å². The van der Waals surface area contributed by atoms with Crippen molar-refractivity contribution in [2.45, 2.75) is 83.1 Å². The number of aromatic hydroxyl groups is 1. The number of hydrogen-bond donors (Lipinski definition) is 8. The minimum atomic E-state index is -1.41. The van der Waals surface area contributed by atoms with Gasteiger partial charge in [-0.25, -0.2) is 4.79 Å². The number of unbranched alkanes of at least 4 members (excludes halogenated alkanes) is 1. The Bertz CT molecular complexity index is 894. The number of carboxylic acids is 1. The van der Waals surface area contributed by atoms with Gasteiger partial charge in [0.1, 0.15) is 23.9 Å². The molecule has 12 nitrogen and oxygen atoms in total. The molecular weight excluding hydrogens is 482 g/mol. The van der Waals surface area contributed by atoms with E-state index in [4.69, 9.17) is 11.5 Å². The van der Waals surface area contributed by atoms with Crippen LogP contribution in [0, 0.1) is 5.92 Å². The van der Waals surface area contributed by atoms with Gasteiger partial charge in [-0.1, -0.05) is 32.4 Å². The largest absolute Gasteiger partial charge is 0.508 e. The van der Waals surface area contributed by atoms with Crippen LogP contribution in [0.4, 0.5) is 0 Å². The summed E-state index contributed by atoms with van der Waals surface area (Å²) in [6.45, 7) is 5.34. The standard InChI is InChI=1S/C25H41N5O7/c1-4-14(2)20(27)23(34)30-21(15(3)31)24(35)29-19(13-16-8-10-17(32)11-9-16)22(33)28-18(25(36)37)7-5-6-12-26/h8-11,14-15,18-21,31-32H,4-7,12-13,26-27H2,1-3H3,(H,28,33)(H,29,35)(H,30,34)(H,36,37). The molecule has 0 heterocycles. The van der Waals surface area contributed by atoms with E-state index >= 15 is 0 Å². The van der Waals surface area contributed by atoms with Gasteiger partial charge in [0, 0.05) is 6.42 Å². The maximum atomic E-state index is 13.1. The molecule has 0 saturated heterocycles. The van der Waals surface area contributed by atoms with Crippen molar-refractivity contribution in [2.24, 2.45) is 17.4 Å². The van der Waals surface area contributed by atoms with Gasteiger partial charge in [-0.2, -0.15) is 0 Å². The zero-order chi connectivity index (χ0) is 28.1. The Balaban J connectivity index is 3.12. The summed E-state index contributed by atoms with van der Waals surface area (Å²) < 4.78 is 0. The maximum Gasteiger partial charge on any atom is 0.326 e. The second-order valence-corrected chi connectivity index (χ2v) is 9.25. The van der Waals surface area contributed by atoms with E-state index in [1.807, 2.05) is 6.92 Å². The lowest BCUT2D eigenvalue weighted by Crippen LogP contribution is -2.60. The molecule has 1 rings (SSSR count). The zero-order valence-corrected chi connectivity index (χ0v) is 21.6. The molecule has 37 heavy (non-hydrogen) atoms. The minimum absolute atomic E-state index is 0.00848. The van der Waals surface area contributed by atoms with Crippen LogP contribution in [0.25, 0.3) is 0 Å². The van der Waals surface area contributed by atoms with Gasteiger partial charge in [-0.05, 0) is 56.3 Å². The molecular formula is C25H41N5O7. The molecule has 208 valence electrons. The molecule has 0 radical (unpaired) electrons. The molecule has 3 amide bonds. The van der Waals surface area contributed by atoms with Crippen molar-refractivity contribution in [3.63, 3.8) is 0 Å². The molecule has 6 unspecified atom stereocenters. The van der Waals surface area contributed by atoms with Crippen molar-refractivity contribution in [3.05, 3.63) is 29.8 Å². The molecule has 0 bridgehead atoms. The van der Waals surface area contributed by atoms with E-state index in [1.165, 1.54) is 19.1 Å². The van der Waals surface area contributed by atoms with Crippen molar-refractivity contribution in [2.75, 3.05) is 6.54 Å². The third-order valence-corrected chi connectivity index (χ3v) is 6.19. The number of nitrogens with one attached hydrogen (secondary N) is 3. The van der Waals surface area contributed by atoms with E-state index in [9.17, 15) is 34.5 Å². The maximum absolute atomic E-state index is 13.1. The Hall–Kier alpha value is -3.22. The fourth-order valence-corrected chi connectivity index (χ4v) is 3.53. The minimum Gasteiger partial charge on any atom is -0.508 e. The Morgan fingerprint density at radius 2 is 1.51 bits per heavy atom. The number of hydrogen-bond acceptors (Lipinski definition) is 8. The van der Waals surface area contributed by atoms with Crippen molar-refractivity contribution in [3.8, 4) is 5.75 Å². The molecule has 1 aromatic carbocycles. The predicted molar refractivity (Wildman–Crippen MR) is 137 cm³/mol. The highest BCUT2D eigenvalue weighted by atomic mass is 16.4. The number of carbonyl (C=O) groups is 4. The van der Waals surface area contributed by atoms with Crippen molar-refractivity contribution in [1.29, 1.82) is 0 Å². The Morgan fingerprint density at radius 3 is 2.03 bits per heavy atom. The van der Waals surface area contributed by atoms with E-state index in [2.05, 4.69) is 16.0 Å². The highest BCUT2D eigenvalue weighted by Gasteiger charge is 2.33. The lowest BCUT2D eigenvalue weighted by atomic mass is 9.98. The fourth-order valence-electron chi connectivity index (χ4n) is 3.53. The molecule has 0 spiro atoms. The number of amides is 3. The normalized spacial score (nSPS) is 15.9. The molecule has 10 N–H and O–H groups in total. The summed E-state index contributed by atoms with van der Waals surface area (Å²) in [5.41, 5.74) is 12.0. The first-order valence-corrected chi connectivity index (χ1v) is 12.5. The number of rotatable bonds is 16. The van der Waals surface area contributed by atoms with E-state index in [0.717, 1.165) is 0 Å². The van der Waals surface area contributed by atoms with Crippen LogP contribution in [0.15, 0.2) is 24.3 Å². The molecule has 12 heteroatoms. The van der Waals surface area contributed by atoms with Crippen LogP contribution in [0.5, 0.6) is 5.75 Å². The first kappa shape index (κ1) is 31.8. The summed E-state index contributed by atoms with van der Waals surface area (Å²) >= 11 is 0. The third kappa shape index (κ3) is 10.7. The zero-order valence-electron chi connectivity index (χ0n) is 21.6. The van der Waals surface area contributed by atoms with Crippen molar-refractivity contribution < 1.29 is 34.5 Å². The van der Waals surface area contributed by atoms with Gasteiger partial charge in [0.2, 0.25) is 17.7 Å². The molecule has 0 aliphatic carbocycles. The Kier molecular flexibility index (Phi) is 13.6. The lowest BCUT2D eigenvalue weighted by Gasteiger charge is -2.27. The van der Waals surface area contributed by atoms with Gasteiger partial charge in [0.15, 0.2) is 0 Å². The molecule has 1 aromatic rings. The number of benzene rings is 1. The fraction of sp³-hybridized carbons (Fsp3) is 0.600. The van der Waals surface area contributed by atoms with Gasteiger partial charge < -0.3 is 42.7 Å². The van der Waals surface area contributed by atoms with Gasteiger partial charge in [0.05, 0.1) is 12.1 Å². The number of carbonyl (C=O) groups excluding carboxylic acids is 3. The van der Waals surface area contributed by atoms with Gasteiger partial charge in [-0.3, -0.25) is 14.4 Å². The number of phenolic OH excluding ortho intramolecular Hbond substituents is 1. The lowest BCUT2D eigenvalue weighted by molar-refractivity contribution is -0.142. The van der Waals surface area contributed by atoms with E-state index in [-0.39, 0.29) is 24.5 Å². The van der Waals surface area contributed by atoms with Gasteiger partial charge >= 0.3 is 5.97 Å². The summed E-state index contributed by atoms with van der Waals surface area (Å²) in [6.07, 6.45) is 0.494. The Morgan fingerprint density at radius 1 is 0.919 bits per heavy atom. The molecule has 0 aromatic heterocycles. The second kappa shape index (κ2) is 15.8. The molecule has 0 aliphatic heterocycles. The molecule has 0 aliphatic rings. The van der Waals surface area contributed by atoms with Gasteiger partial charge in [-0.15, -0.1) is 0 Å². The second-order valence-electron chi connectivity index (χ2n) is 9.25. The molecule has 0 fully saturated rings. The topological polar surface area (TPSA) is 217 Å². The van der Waals surface area contributed by atoms with E-state index < -0.39 is 54.0 Å². The van der Waals surface area contributed by atoms with Crippen LogP contribution in [0.3, 0.4) is 0 Å². The average molecular weight is 524 g/mol. The number of aliphatic carboxylic acids is 1. The van der Waals surface area contributed by atoms with Crippen LogP contribution < -0.4 is 27.4 Å². The first-order chi connectivity index (χ1) is 17.4. The van der Waals surface area contributed by atoms with Crippen LogP contribution in [0.2, 0.25) is 0 Å². The van der Waals surface area contributed by atoms with Crippen LogP contribution in [-0.2, 0) is 25.6 Å². The smallest absolute Gasteiger partial charge is 0.326 e.